The van der Waals surface area contributed by atoms with Crippen LogP contribution in [-0.2, 0) is 20.0 Å². The summed E-state index contributed by atoms with van der Waals surface area (Å²) in [7, 11) is -3.23. The van der Waals surface area contributed by atoms with Crippen molar-refractivity contribution in [2.75, 3.05) is 18.6 Å². The van der Waals surface area contributed by atoms with E-state index in [1.807, 2.05) is 0 Å². The lowest BCUT2D eigenvalue weighted by molar-refractivity contribution is -0.143. The van der Waals surface area contributed by atoms with Crippen molar-refractivity contribution < 1.29 is 18.3 Å². The summed E-state index contributed by atoms with van der Waals surface area (Å²) in [6.07, 6.45) is 1.06. The van der Waals surface area contributed by atoms with Gasteiger partial charge in [0.1, 0.15) is 15.3 Å². The molecule has 5 nitrogen and oxygen atoms in total. The first-order valence-corrected chi connectivity index (χ1v) is 7.54. The number of hydrogen-bond donors (Lipinski definition) is 2. The summed E-state index contributed by atoms with van der Waals surface area (Å²) in [6.45, 7) is -0.137. The SMILES string of the molecule is CS(=O)(=O)CCC(CN)(C(=O)O)c1ccccc1. The normalized spacial score (nSPS) is 15.0. The summed E-state index contributed by atoms with van der Waals surface area (Å²) < 4.78 is 22.4. The van der Waals surface area contributed by atoms with Crippen LogP contribution in [0.5, 0.6) is 0 Å². The van der Waals surface area contributed by atoms with Crippen molar-refractivity contribution in [3.63, 3.8) is 0 Å². The third-order valence-corrected chi connectivity index (χ3v) is 3.93. The number of carboxylic acids is 1. The van der Waals surface area contributed by atoms with E-state index >= 15 is 0 Å². The first-order chi connectivity index (χ1) is 8.32. The molecule has 3 N–H and O–H groups in total. The van der Waals surface area contributed by atoms with E-state index in [1.54, 1.807) is 30.3 Å². The standard InChI is InChI=1S/C12H17NO4S/c1-18(16,17)8-7-12(9-13,11(14)15)10-5-3-2-4-6-10/h2-6H,7-9,13H2,1H3,(H,14,15). The van der Waals surface area contributed by atoms with Crippen molar-refractivity contribution in [2.24, 2.45) is 5.73 Å². The topological polar surface area (TPSA) is 97.5 Å². The lowest BCUT2D eigenvalue weighted by Gasteiger charge is -2.28. The molecular formula is C12H17NO4S. The van der Waals surface area contributed by atoms with Crippen molar-refractivity contribution >= 4 is 15.8 Å². The van der Waals surface area contributed by atoms with Crippen LogP contribution in [0.3, 0.4) is 0 Å². The zero-order chi connectivity index (χ0) is 13.8. The fourth-order valence-corrected chi connectivity index (χ4v) is 2.52. The Hall–Kier alpha value is -1.40. The highest BCUT2D eigenvalue weighted by Gasteiger charge is 2.39. The molecule has 1 unspecified atom stereocenters. The van der Waals surface area contributed by atoms with Gasteiger partial charge in [0.2, 0.25) is 0 Å². The largest absolute Gasteiger partial charge is 0.481 e. The van der Waals surface area contributed by atoms with Crippen LogP contribution in [0.2, 0.25) is 0 Å². The number of rotatable bonds is 6. The number of nitrogens with two attached hydrogens (primary N) is 1. The summed E-state index contributed by atoms with van der Waals surface area (Å²) in [4.78, 5) is 11.5. The molecule has 1 aromatic rings. The van der Waals surface area contributed by atoms with E-state index < -0.39 is 21.2 Å². The van der Waals surface area contributed by atoms with Gasteiger partial charge >= 0.3 is 5.97 Å². The molecule has 0 spiro atoms. The van der Waals surface area contributed by atoms with Gasteiger partial charge in [0, 0.05) is 12.8 Å². The maximum atomic E-state index is 11.5. The fourth-order valence-electron chi connectivity index (χ4n) is 1.80. The van der Waals surface area contributed by atoms with E-state index in [2.05, 4.69) is 0 Å². The summed E-state index contributed by atoms with van der Waals surface area (Å²) in [6, 6.07) is 8.50. The lowest BCUT2D eigenvalue weighted by atomic mass is 9.78. The molecule has 0 radical (unpaired) electrons. The van der Waals surface area contributed by atoms with Crippen LogP contribution in [0.1, 0.15) is 12.0 Å². The smallest absolute Gasteiger partial charge is 0.315 e. The molecule has 0 bridgehead atoms. The zero-order valence-corrected chi connectivity index (χ0v) is 11.0. The van der Waals surface area contributed by atoms with Gasteiger partial charge in [-0.2, -0.15) is 0 Å². The van der Waals surface area contributed by atoms with Crippen LogP contribution in [-0.4, -0.2) is 38.0 Å². The van der Waals surface area contributed by atoms with Crippen LogP contribution in [0, 0.1) is 0 Å². The molecule has 0 aliphatic heterocycles. The molecule has 0 saturated carbocycles. The first-order valence-electron chi connectivity index (χ1n) is 5.48. The molecule has 1 atom stereocenters. The molecule has 0 amide bonds. The monoisotopic (exact) mass is 271 g/mol. The average molecular weight is 271 g/mol. The molecular weight excluding hydrogens is 254 g/mol. The summed E-state index contributed by atoms with van der Waals surface area (Å²) in [5.74, 6) is -1.30. The zero-order valence-electron chi connectivity index (χ0n) is 10.2. The quantitative estimate of drug-likeness (QED) is 0.780. The predicted molar refractivity (Wildman–Crippen MR) is 69.1 cm³/mol. The van der Waals surface area contributed by atoms with Gasteiger partial charge < -0.3 is 10.8 Å². The van der Waals surface area contributed by atoms with Crippen LogP contribution in [0.15, 0.2) is 30.3 Å². The molecule has 0 aliphatic carbocycles. The van der Waals surface area contributed by atoms with Gasteiger partial charge in [0.25, 0.3) is 0 Å². The second-order valence-corrected chi connectivity index (χ2v) is 6.60. The van der Waals surface area contributed by atoms with Crippen LogP contribution in [0.25, 0.3) is 0 Å². The Labute approximate surface area is 107 Å². The van der Waals surface area contributed by atoms with Gasteiger partial charge in [-0.15, -0.1) is 0 Å². The molecule has 1 rings (SSSR count). The molecule has 6 heteroatoms. The van der Waals surface area contributed by atoms with Crippen molar-refractivity contribution in [3.8, 4) is 0 Å². The molecule has 100 valence electrons. The van der Waals surface area contributed by atoms with Crippen LogP contribution < -0.4 is 5.73 Å². The Kier molecular flexibility index (Phi) is 4.48. The second-order valence-electron chi connectivity index (χ2n) is 4.34. The summed E-state index contributed by atoms with van der Waals surface area (Å²) in [5, 5.41) is 9.40. The highest BCUT2D eigenvalue weighted by atomic mass is 32.2. The number of benzene rings is 1. The first kappa shape index (κ1) is 14.7. The highest BCUT2D eigenvalue weighted by Crippen LogP contribution is 2.28. The van der Waals surface area contributed by atoms with Gasteiger partial charge in [-0.25, -0.2) is 8.42 Å². The molecule has 0 fully saturated rings. The van der Waals surface area contributed by atoms with Crippen LogP contribution in [0.4, 0.5) is 0 Å². The number of hydrogen-bond acceptors (Lipinski definition) is 4. The van der Waals surface area contributed by atoms with Crippen molar-refractivity contribution in [3.05, 3.63) is 35.9 Å². The number of aliphatic carboxylic acids is 1. The van der Waals surface area contributed by atoms with E-state index in [-0.39, 0.29) is 18.7 Å². The Morgan fingerprint density at radius 1 is 1.33 bits per heavy atom. The lowest BCUT2D eigenvalue weighted by Crippen LogP contribution is -2.44. The molecule has 1 aromatic carbocycles. The molecule has 0 aliphatic rings. The Bertz CT molecular complexity index is 512. The van der Waals surface area contributed by atoms with Gasteiger partial charge in [-0.05, 0) is 12.0 Å². The van der Waals surface area contributed by atoms with Gasteiger partial charge in [0.05, 0.1) is 5.75 Å². The maximum Gasteiger partial charge on any atom is 0.315 e. The third kappa shape index (κ3) is 3.30. The summed E-state index contributed by atoms with van der Waals surface area (Å²) >= 11 is 0. The predicted octanol–water partition coefficient (Wildman–Crippen LogP) is 0.402. The number of sulfone groups is 1. The van der Waals surface area contributed by atoms with Gasteiger partial charge in [0.15, 0.2) is 0 Å². The van der Waals surface area contributed by atoms with Crippen molar-refractivity contribution in [2.45, 2.75) is 11.8 Å². The summed E-state index contributed by atoms with van der Waals surface area (Å²) in [5.41, 5.74) is 4.78. The Morgan fingerprint density at radius 3 is 2.28 bits per heavy atom. The van der Waals surface area contributed by atoms with Gasteiger partial charge in [-0.1, -0.05) is 30.3 Å². The average Bonchev–Trinajstić information content (AvgIpc) is 2.30. The minimum atomic E-state index is -3.23. The van der Waals surface area contributed by atoms with E-state index in [0.29, 0.717) is 5.56 Å². The highest BCUT2D eigenvalue weighted by molar-refractivity contribution is 7.90. The number of carbonyl (C=O) groups is 1. The van der Waals surface area contributed by atoms with Gasteiger partial charge in [-0.3, -0.25) is 4.79 Å². The van der Waals surface area contributed by atoms with E-state index in [1.165, 1.54) is 0 Å². The second kappa shape index (κ2) is 5.49. The maximum absolute atomic E-state index is 11.5. The third-order valence-electron chi connectivity index (χ3n) is 2.98. The van der Waals surface area contributed by atoms with E-state index in [4.69, 9.17) is 5.73 Å². The molecule has 0 heterocycles. The van der Waals surface area contributed by atoms with Crippen molar-refractivity contribution in [1.29, 1.82) is 0 Å². The minimum absolute atomic E-state index is 0.0261. The Balaban J connectivity index is 3.15. The van der Waals surface area contributed by atoms with Crippen molar-refractivity contribution in [1.82, 2.24) is 0 Å². The fraction of sp³-hybridized carbons (Fsp3) is 0.417. The molecule has 0 saturated heterocycles. The van der Waals surface area contributed by atoms with E-state index in [9.17, 15) is 18.3 Å². The van der Waals surface area contributed by atoms with Crippen LogP contribution >= 0.6 is 0 Å². The number of carboxylic acid groups (broad SMARTS) is 1. The van der Waals surface area contributed by atoms with E-state index in [0.717, 1.165) is 6.26 Å². The Morgan fingerprint density at radius 2 is 1.89 bits per heavy atom. The molecule has 18 heavy (non-hydrogen) atoms. The molecule has 0 aromatic heterocycles. The minimum Gasteiger partial charge on any atom is -0.481 e.